The van der Waals surface area contributed by atoms with Crippen molar-refractivity contribution in [3.8, 4) is 0 Å². The Morgan fingerprint density at radius 2 is 1.71 bits per heavy atom. The van der Waals surface area contributed by atoms with E-state index in [-0.39, 0.29) is 18.3 Å². The number of carbonyl (C=O) groups excluding carboxylic acids is 4. The monoisotopic (exact) mass is 587 g/mol. The van der Waals surface area contributed by atoms with Crippen LogP contribution in [0.1, 0.15) is 85.1 Å². The van der Waals surface area contributed by atoms with Gasteiger partial charge in [0, 0.05) is 6.42 Å². The van der Waals surface area contributed by atoms with E-state index >= 15 is 0 Å². The Hall–Kier alpha value is -3.14. The number of cyclic esters (lactones) is 1. The highest BCUT2D eigenvalue weighted by Gasteiger charge is 2.50. The summed E-state index contributed by atoms with van der Waals surface area (Å²) in [5.74, 6) is -1.46. The van der Waals surface area contributed by atoms with Crippen LogP contribution < -0.4 is 10.6 Å². The van der Waals surface area contributed by atoms with E-state index in [1.807, 2.05) is 51.1 Å². The first-order valence-corrected chi connectivity index (χ1v) is 15.3. The van der Waals surface area contributed by atoms with Crippen molar-refractivity contribution in [2.45, 2.75) is 122 Å². The zero-order chi connectivity index (χ0) is 31.0. The van der Waals surface area contributed by atoms with Crippen LogP contribution in [0.4, 0.5) is 4.79 Å². The van der Waals surface area contributed by atoms with Crippen molar-refractivity contribution in [1.29, 1.82) is 0 Å². The Balaban J connectivity index is 1.85. The number of methoxy groups -OCH3 is 1. The van der Waals surface area contributed by atoms with Crippen molar-refractivity contribution in [3.05, 3.63) is 35.9 Å². The number of carbonyl (C=O) groups is 4. The summed E-state index contributed by atoms with van der Waals surface area (Å²) in [5, 5.41) is 16.5. The highest BCUT2D eigenvalue weighted by Crippen LogP contribution is 2.32. The molecule has 2 unspecified atom stereocenters. The maximum atomic E-state index is 14.0. The van der Waals surface area contributed by atoms with Gasteiger partial charge in [-0.25, -0.2) is 9.59 Å². The number of aliphatic hydroxyl groups excluding tert-OH is 1. The molecule has 1 heterocycles. The molecule has 0 bridgehead atoms. The van der Waals surface area contributed by atoms with Gasteiger partial charge < -0.3 is 25.2 Å². The average Bonchev–Trinajstić information content (AvgIpc) is 3.16. The summed E-state index contributed by atoms with van der Waals surface area (Å²) < 4.78 is 10.4. The molecule has 1 aliphatic carbocycles. The standard InChI is InChI=1S/C32H49N3O7/c1-20(2)17-25(28(37)33-24(27(36)30(39)41-6)18-22-13-9-7-10-14-22)34-29(38)26(19-23-15-11-8-12-16-23)35-21(3)32(4,5)42-31(35)40/h8,11-12,15-16,20-22,24-27,36H,7,9-10,13-14,17-19H2,1-6H3,(H,33,37)(H,34,38)/t21?,24-,25-,26-,27?/m0/s1. The number of aliphatic hydroxyl groups is 1. The Labute approximate surface area is 249 Å². The third-order valence-corrected chi connectivity index (χ3v) is 8.70. The largest absolute Gasteiger partial charge is 0.467 e. The molecule has 1 aromatic rings. The molecule has 0 spiro atoms. The van der Waals surface area contributed by atoms with E-state index in [0.717, 1.165) is 37.7 Å². The number of amides is 3. The summed E-state index contributed by atoms with van der Waals surface area (Å²) in [6, 6.07) is 6.28. The molecule has 0 aromatic heterocycles. The van der Waals surface area contributed by atoms with Crippen molar-refractivity contribution in [1.82, 2.24) is 15.5 Å². The fourth-order valence-corrected chi connectivity index (χ4v) is 6.00. The quantitative estimate of drug-likeness (QED) is 0.299. The number of hydrogen-bond acceptors (Lipinski definition) is 7. The second-order valence-electron chi connectivity index (χ2n) is 12.8. The van der Waals surface area contributed by atoms with Gasteiger partial charge in [-0.15, -0.1) is 0 Å². The summed E-state index contributed by atoms with van der Waals surface area (Å²) in [6.07, 6.45) is 4.13. The molecule has 3 amide bonds. The van der Waals surface area contributed by atoms with Gasteiger partial charge in [0.25, 0.3) is 0 Å². The van der Waals surface area contributed by atoms with Gasteiger partial charge in [0.1, 0.15) is 17.7 Å². The molecule has 234 valence electrons. The van der Waals surface area contributed by atoms with E-state index in [4.69, 9.17) is 9.47 Å². The van der Waals surface area contributed by atoms with Crippen LogP contribution in [-0.4, -0.2) is 76.9 Å². The minimum absolute atomic E-state index is 0.0468. The lowest BCUT2D eigenvalue weighted by molar-refractivity contribution is -0.153. The van der Waals surface area contributed by atoms with E-state index in [1.165, 1.54) is 12.0 Å². The molecular formula is C32H49N3O7. The predicted octanol–water partition coefficient (Wildman–Crippen LogP) is 3.74. The topological polar surface area (TPSA) is 134 Å². The van der Waals surface area contributed by atoms with Crippen LogP contribution in [0.5, 0.6) is 0 Å². The van der Waals surface area contributed by atoms with E-state index in [0.29, 0.717) is 12.8 Å². The smallest absolute Gasteiger partial charge is 0.411 e. The van der Waals surface area contributed by atoms with E-state index < -0.39 is 59.7 Å². The Kier molecular flexibility index (Phi) is 11.8. The highest BCUT2D eigenvalue weighted by molar-refractivity contribution is 5.92. The van der Waals surface area contributed by atoms with Crippen molar-refractivity contribution < 1.29 is 33.8 Å². The maximum Gasteiger partial charge on any atom is 0.411 e. The van der Waals surface area contributed by atoms with Crippen LogP contribution in [0.3, 0.4) is 0 Å². The second kappa shape index (κ2) is 14.8. The minimum Gasteiger partial charge on any atom is -0.467 e. The number of benzene rings is 1. The number of nitrogens with one attached hydrogen (secondary N) is 2. The van der Waals surface area contributed by atoms with E-state index in [2.05, 4.69) is 10.6 Å². The van der Waals surface area contributed by atoms with Gasteiger partial charge in [-0.1, -0.05) is 76.3 Å². The van der Waals surface area contributed by atoms with Crippen LogP contribution in [-0.2, 0) is 30.3 Å². The molecule has 1 aliphatic heterocycles. The summed E-state index contributed by atoms with van der Waals surface area (Å²) in [5.41, 5.74) is 0.0677. The molecule has 10 nitrogen and oxygen atoms in total. The van der Waals surface area contributed by atoms with Gasteiger partial charge in [-0.3, -0.25) is 14.5 Å². The molecule has 10 heteroatoms. The SMILES string of the molecule is COC(=O)C(O)[C@H](CC1CCCCC1)NC(=O)[C@H](CC(C)C)NC(=O)[C@H](Cc1ccccc1)N1C(=O)OC(C)(C)C1C. The number of esters is 1. The van der Waals surface area contributed by atoms with Gasteiger partial charge in [0.05, 0.1) is 19.2 Å². The average molecular weight is 588 g/mol. The van der Waals surface area contributed by atoms with Crippen molar-refractivity contribution >= 4 is 23.9 Å². The first kappa shape index (κ1) is 33.4. The number of nitrogens with zero attached hydrogens (tertiary/aromatic N) is 1. The number of hydrogen-bond donors (Lipinski definition) is 3. The lowest BCUT2D eigenvalue weighted by atomic mass is 9.83. The molecular weight excluding hydrogens is 538 g/mol. The van der Waals surface area contributed by atoms with Gasteiger partial charge in [0.2, 0.25) is 11.8 Å². The van der Waals surface area contributed by atoms with E-state index in [1.54, 1.807) is 13.8 Å². The Bertz CT molecular complexity index is 1070. The fraction of sp³-hybridized carbons (Fsp3) is 0.688. The summed E-state index contributed by atoms with van der Waals surface area (Å²) in [4.78, 5) is 54.4. The first-order valence-electron chi connectivity index (χ1n) is 15.3. The van der Waals surface area contributed by atoms with Crippen LogP contribution in [0.25, 0.3) is 0 Å². The van der Waals surface area contributed by atoms with Gasteiger partial charge in [-0.2, -0.15) is 0 Å². The summed E-state index contributed by atoms with van der Waals surface area (Å²) >= 11 is 0. The normalized spacial score (nSPS) is 21.7. The molecule has 1 saturated heterocycles. The van der Waals surface area contributed by atoms with Crippen molar-refractivity contribution in [3.63, 3.8) is 0 Å². The zero-order valence-electron chi connectivity index (χ0n) is 25.9. The van der Waals surface area contributed by atoms with Gasteiger partial charge >= 0.3 is 12.1 Å². The molecule has 42 heavy (non-hydrogen) atoms. The van der Waals surface area contributed by atoms with Crippen LogP contribution in [0.2, 0.25) is 0 Å². The third kappa shape index (κ3) is 8.69. The van der Waals surface area contributed by atoms with Crippen LogP contribution in [0.15, 0.2) is 30.3 Å². The summed E-state index contributed by atoms with van der Waals surface area (Å²) in [6.45, 7) is 9.35. The Morgan fingerprint density at radius 3 is 2.26 bits per heavy atom. The molecule has 3 N–H and O–H groups in total. The van der Waals surface area contributed by atoms with Crippen molar-refractivity contribution in [2.75, 3.05) is 7.11 Å². The highest BCUT2D eigenvalue weighted by atomic mass is 16.6. The first-order chi connectivity index (χ1) is 19.8. The third-order valence-electron chi connectivity index (χ3n) is 8.70. The van der Waals surface area contributed by atoms with Gasteiger partial charge in [-0.05, 0) is 51.0 Å². The molecule has 0 radical (unpaired) electrons. The minimum atomic E-state index is -1.52. The number of ether oxygens (including phenoxy) is 2. The molecule has 5 atom stereocenters. The van der Waals surface area contributed by atoms with Gasteiger partial charge in [0.15, 0.2) is 6.10 Å². The fourth-order valence-electron chi connectivity index (χ4n) is 6.00. The molecule has 1 saturated carbocycles. The lowest BCUT2D eigenvalue weighted by Crippen LogP contribution is -2.59. The number of rotatable bonds is 13. The molecule has 1 aromatic carbocycles. The predicted molar refractivity (Wildman–Crippen MR) is 158 cm³/mol. The van der Waals surface area contributed by atoms with Crippen LogP contribution >= 0.6 is 0 Å². The van der Waals surface area contributed by atoms with Crippen molar-refractivity contribution in [2.24, 2.45) is 11.8 Å². The van der Waals surface area contributed by atoms with E-state index in [9.17, 15) is 24.3 Å². The lowest BCUT2D eigenvalue weighted by Gasteiger charge is -2.33. The summed E-state index contributed by atoms with van der Waals surface area (Å²) in [7, 11) is 1.20. The molecule has 3 rings (SSSR count). The maximum absolute atomic E-state index is 14.0. The zero-order valence-corrected chi connectivity index (χ0v) is 25.9. The molecule has 2 fully saturated rings. The molecule has 2 aliphatic rings. The Morgan fingerprint density at radius 1 is 1.07 bits per heavy atom. The second-order valence-corrected chi connectivity index (χ2v) is 12.8. The van der Waals surface area contributed by atoms with Crippen LogP contribution in [0, 0.1) is 11.8 Å².